The molecule has 2 aliphatic heterocycles. The zero-order chi connectivity index (χ0) is 18.7. The number of nitriles is 1. The van der Waals surface area contributed by atoms with Crippen LogP contribution in [0.2, 0.25) is 0 Å². The summed E-state index contributed by atoms with van der Waals surface area (Å²) in [6, 6.07) is 1.97. The van der Waals surface area contributed by atoms with Crippen LogP contribution in [0.5, 0.6) is 0 Å². The molecule has 0 bridgehead atoms. The van der Waals surface area contributed by atoms with E-state index >= 15 is 0 Å². The molecule has 1 N–H and O–H groups in total. The second kappa shape index (κ2) is 7.85. The average molecular weight is 374 g/mol. The van der Waals surface area contributed by atoms with Crippen LogP contribution >= 0.6 is 11.3 Å². The molecule has 0 atom stereocenters. The lowest BCUT2D eigenvalue weighted by Crippen LogP contribution is -2.50. The fourth-order valence-electron chi connectivity index (χ4n) is 3.06. The molecule has 3 heterocycles. The third-order valence-electron chi connectivity index (χ3n) is 4.63. The zero-order valence-corrected chi connectivity index (χ0v) is 15.8. The van der Waals surface area contributed by atoms with Crippen molar-refractivity contribution in [1.82, 2.24) is 19.7 Å². The van der Waals surface area contributed by atoms with Crippen molar-refractivity contribution in [3.05, 3.63) is 22.3 Å². The number of aromatic nitrogens is 1. The van der Waals surface area contributed by atoms with E-state index < -0.39 is 0 Å². The summed E-state index contributed by atoms with van der Waals surface area (Å²) in [7, 11) is 2.08. The van der Waals surface area contributed by atoms with Crippen LogP contribution in [-0.4, -0.2) is 71.3 Å². The van der Waals surface area contributed by atoms with Crippen molar-refractivity contribution in [1.29, 1.82) is 5.26 Å². The van der Waals surface area contributed by atoms with Crippen LogP contribution < -0.4 is 5.32 Å². The van der Waals surface area contributed by atoms with Crippen LogP contribution in [0.4, 0.5) is 5.13 Å². The zero-order valence-electron chi connectivity index (χ0n) is 15.0. The van der Waals surface area contributed by atoms with E-state index in [1.165, 1.54) is 18.0 Å². The van der Waals surface area contributed by atoms with Gasteiger partial charge in [-0.2, -0.15) is 5.26 Å². The van der Waals surface area contributed by atoms with E-state index in [4.69, 9.17) is 0 Å². The summed E-state index contributed by atoms with van der Waals surface area (Å²) in [4.78, 5) is 35.2. The molecule has 0 saturated carbocycles. The number of amides is 2. The summed E-state index contributed by atoms with van der Waals surface area (Å²) < 4.78 is 0. The number of hydrogen-bond donors (Lipinski definition) is 1. The quantitative estimate of drug-likeness (QED) is 0.617. The molecule has 1 fully saturated rings. The molecule has 0 radical (unpaired) electrons. The van der Waals surface area contributed by atoms with Crippen LogP contribution in [-0.2, 0) is 22.6 Å². The van der Waals surface area contributed by atoms with Gasteiger partial charge in [0.25, 0.3) is 5.91 Å². The Bertz CT molecular complexity index is 773. The molecule has 0 unspecified atom stereocenters. The highest BCUT2D eigenvalue weighted by Crippen LogP contribution is 2.27. The van der Waals surface area contributed by atoms with Gasteiger partial charge in [0.1, 0.15) is 11.6 Å². The number of hydrogen-bond acceptors (Lipinski definition) is 7. The van der Waals surface area contributed by atoms with E-state index in [1.807, 2.05) is 6.07 Å². The van der Waals surface area contributed by atoms with Gasteiger partial charge in [-0.1, -0.05) is 0 Å². The first kappa shape index (κ1) is 18.4. The highest BCUT2D eigenvalue weighted by molar-refractivity contribution is 7.15. The van der Waals surface area contributed by atoms with E-state index in [1.54, 1.807) is 21.1 Å². The SMILES string of the molecule is CC(=O)N1CCN(C(=O)/C(C#N)=C\Nc2nc3c(s2)CN(C)CC3)CC1. The van der Waals surface area contributed by atoms with E-state index in [9.17, 15) is 14.9 Å². The number of anilines is 1. The van der Waals surface area contributed by atoms with Gasteiger partial charge in [-0.3, -0.25) is 9.59 Å². The van der Waals surface area contributed by atoms with Gasteiger partial charge in [-0.25, -0.2) is 4.98 Å². The first-order valence-electron chi connectivity index (χ1n) is 8.56. The van der Waals surface area contributed by atoms with Crippen molar-refractivity contribution in [3.63, 3.8) is 0 Å². The normalized spacial score (nSPS) is 18.3. The van der Waals surface area contributed by atoms with Gasteiger partial charge in [0, 0.05) is 63.7 Å². The summed E-state index contributed by atoms with van der Waals surface area (Å²) in [6.45, 7) is 5.26. The Balaban J connectivity index is 1.63. The number of carbonyl (C=O) groups is 2. The Morgan fingerprint density at radius 3 is 2.58 bits per heavy atom. The lowest BCUT2D eigenvalue weighted by molar-refractivity contribution is -0.136. The number of nitrogens with one attached hydrogen (secondary N) is 1. The summed E-state index contributed by atoms with van der Waals surface area (Å²) in [5.41, 5.74) is 1.14. The van der Waals surface area contributed by atoms with Crippen molar-refractivity contribution < 1.29 is 9.59 Å². The van der Waals surface area contributed by atoms with Crippen LogP contribution in [0.3, 0.4) is 0 Å². The number of likely N-dealkylation sites (N-methyl/N-ethyl adjacent to an activating group) is 1. The summed E-state index contributed by atoms with van der Waals surface area (Å²) in [5.74, 6) is -0.308. The van der Waals surface area contributed by atoms with Gasteiger partial charge < -0.3 is 20.0 Å². The Morgan fingerprint density at radius 2 is 1.92 bits per heavy atom. The Morgan fingerprint density at radius 1 is 1.23 bits per heavy atom. The first-order chi connectivity index (χ1) is 12.5. The van der Waals surface area contributed by atoms with Crippen LogP contribution in [0.15, 0.2) is 11.8 Å². The third kappa shape index (κ3) is 4.03. The molecule has 1 saturated heterocycles. The van der Waals surface area contributed by atoms with Gasteiger partial charge in [0.15, 0.2) is 5.13 Å². The van der Waals surface area contributed by atoms with E-state index in [0.29, 0.717) is 31.3 Å². The molecular weight excluding hydrogens is 352 g/mol. The number of nitrogens with zero attached hydrogens (tertiary/aromatic N) is 5. The highest BCUT2D eigenvalue weighted by Gasteiger charge is 2.25. The average Bonchev–Trinajstić information content (AvgIpc) is 3.04. The molecule has 26 heavy (non-hydrogen) atoms. The van der Waals surface area contributed by atoms with Gasteiger partial charge in [0.2, 0.25) is 5.91 Å². The molecule has 0 aliphatic carbocycles. The van der Waals surface area contributed by atoms with Gasteiger partial charge in [0.05, 0.1) is 5.69 Å². The maximum atomic E-state index is 12.5. The van der Waals surface area contributed by atoms with Crippen LogP contribution in [0.25, 0.3) is 0 Å². The van der Waals surface area contributed by atoms with Crippen LogP contribution in [0.1, 0.15) is 17.5 Å². The number of piperazine rings is 1. The van der Waals surface area contributed by atoms with Crippen molar-refractivity contribution in [2.75, 3.05) is 45.1 Å². The highest BCUT2D eigenvalue weighted by atomic mass is 32.1. The molecule has 1 aromatic heterocycles. The van der Waals surface area contributed by atoms with Gasteiger partial charge in [-0.15, -0.1) is 11.3 Å². The first-order valence-corrected chi connectivity index (χ1v) is 9.38. The summed E-state index contributed by atoms with van der Waals surface area (Å²) in [6.07, 6.45) is 2.35. The number of rotatable bonds is 3. The Kier molecular flexibility index (Phi) is 5.54. The molecule has 0 spiro atoms. The van der Waals surface area contributed by atoms with E-state index in [0.717, 1.165) is 25.2 Å². The maximum Gasteiger partial charge on any atom is 0.266 e. The lowest BCUT2D eigenvalue weighted by Gasteiger charge is -2.34. The van der Waals surface area contributed by atoms with Crippen molar-refractivity contribution in [2.24, 2.45) is 0 Å². The molecule has 0 aromatic carbocycles. The second-order valence-corrected chi connectivity index (χ2v) is 7.57. The molecule has 1 aromatic rings. The summed E-state index contributed by atoms with van der Waals surface area (Å²) >= 11 is 1.56. The molecule has 2 amide bonds. The molecule has 9 heteroatoms. The lowest BCUT2D eigenvalue weighted by atomic mass is 10.2. The van der Waals surface area contributed by atoms with Crippen molar-refractivity contribution >= 4 is 28.3 Å². The smallest absolute Gasteiger partial charge is 0.266 e. The number of carbonyl (C=O) groups excluding carboxylic acids is 2. The standard InChI is InChI=1S/C17H22N6O2S/c1-12(24)22-5-7-23(8-6-22)16(25)13(9-18)10-19-17-20-14-3-4-21(2)11-15(14)26-17/h10H,3-8,11H2,1-2H3,(H,19,20)/b13-10-. The van der Waals surface area contributed by atoms with Gasteiger partial charge >= 0.3 is 0 Å². The minimum Gasteiger partial charge on any atom is -0.339 e. The predicted molar refractivity (Wildman–Crippen MR) is 98.3 cm³/mol. The fourth-order valence-corrected chi connectivity index (χ4v) is 4.11. The third-order valence-corrected chi connectivity index (χ3v) is 5.64. The van der Waals surface area contributed by atoms with Gasteiger partial charge in [-0.05, 0) is 7.05 Å². The molecule has 8 nitrogen and oxygen atoms in total. The van der Waals surface area contributed by atoms with Crippen molar-refractivity contribution in [2.45, 2.75) is 19.9 Å². The maximum absolute atomic E-state index is 12.5. The number of thiazole rings is 1. The van der Waals surface area contributed by atoms with E-state index in [2.05, 4.69) is 22.2 Å². The van der Waals surface area contributed by atoms with E-state index in [-0.39, 0.29) is 17.4 Å². The minimum atomic E-state index is -0.316. The second-order valence-electron chi connectivity index (χ2n) is 6.49. The predicted octanol–water partition coefficient (Wildman–Crippen LogP) is 0.641. The fraction of sp³-hybridized carbons (Fsp3) is 0.529. The topological polar surface area (TPSA) is 92.6 Å². The largest absolute Gasteiger partial charge is 0.339 e. The monoisotopic (exact) mass is 374 g/mol. The molecular formula is C17H22N6O2S. The summed E-state index contributed by atoms with van der Waals surface area (Å²) in [5, 5.41) is 13.1. The number of fused-ring (bicyclic) bond motifs is 1. The Labute approximate surface area is 156 Å². The Hall–Kier alpha value is -2.44. The molecule has 2 aliphatic rings. The van der Waals surface area contributed by atoms with Crippen molar-refractivity contribution in [3.8, 4) is 6.07 Å². The molecule has 138 valence electrons. The molecule has 3 rings (SSSR count). The van der Waals surface area contributed by atoms with Crippen LogP contribution in [0, 0.1) is 11.3 Å². The minimum absolute atomic E-state index is 0.00759.